The van der Waals surface area contributed by atoms with Gasteiger partial charge in [-0.05, 0) is 18.9 Å². The second-order valence-corrected chi connectivity index (χ2v) is 2.02. The number of rotatable bonds is 0. The highest BCUT2D eigenvalue weighted by atomic mass is 16.3. The van der Waals surface area contributed by atoms with Crippen molar-refractivity contribution < 1.29 is 9.90 Å². The summed E-state index contributed by atoms with van der Waals surface area (Å²) in [6, 6.07) is 0. The third kappa shape index (κ3) is 1.02. The van der Waals surface area contributed by atoms with Crippen molar-refractivity contribution in [1.29, 1.82) is 0 Å². The Morgan fingerprint density at radius 1 is 1.56 bits per heavy atom. The van der Waals surface area contributed by atoms with Gasteiger partial charge in [0.2, 0.25) is 0 Å². The molecule has 0 unspecified atom stereocenters. The lowest BCUT2D eigenvalue weighted by molar-refractivity contribution is -0.298. The molecule has 0 radical (unpaired) electrons. The van der Waals surface area contributed by atoms with Crippen LogP contribution in [0, 0.1) is 0 Å². The van der Waals surface area contributed by atoms with E-state index >= 15 is 0 Å². The number of carbonyl (C=O) groups excluding carboxylic acids is 1. The van der Waals surface area contributed by atoms with Crippen molar-refractivity contribution in [2.45, 2.75) is 13.3 Å². The van der Waals surface area contributed by atoms with Crippen LogP contribution in [0.15, 0.2) is 23.5 Å². The van der Waals surface area contributed by atoms with Gasteiger partial charge in [0.1, 0.15) is 0 Å². The van der Waals surface area contributed by atoms with E-state index in [9.17, 15) is 9.90 Å². The van der Waals surface area contributed by atoms with Crippen molar-refractivity contribution in [2.75, 3.05) is 0 Å². The predicted molar refractivity (Wildman–Crippen MR) is 31.5 cm³/mol. The standard InChI is InChI=1S/C7H8O2/c1-5-3-2-4-6(8)7(5)9/h3-4,8H,2H2,1H3/p-1. The van der Waals surface area contributed by atoms with E-state index in [4.69, 9.17) is 0 Å². The Labute approximate surface area is 53.5 Å². The lowest BCUT2D eigenvalue weighted by Gasteiger charge is -2.13. The van der Waals surface area contributed by atoms with Crippen molar-refractivity contribution in [2.24, 2.45) is 0 Å². The molecule has 48 valence electrons. The Morgan fingerprint density at radius 2 is 2.22 bits per heavy atom. The third-order valence-electron chi connectivity index (χ3n) is 1.31. The summed E-state index contributed by atoms with van der Waals surface area (Å²) in [5.74, 6) is -0.726. The van der Waals surface area contributed by atoms with Crippen LogP contribution in [0.3, 0.4) is 0 Å². The van der Waals surface area contributed by atoms with Crippen molar-refractivity contribution >= 4 is 5.78 Å². The molecule has 0 amide bonds. The van der Waals surface area contributed by atoms with Gasteiger partial charge in [0, 0.05) is 0 Å². The van der Waals surface area contributed by atoms with Crippen LogP contribution in [0.2, 0.25) is 0 Å². The Balaban J connectivity index is 2.86. The number of hydrogen-bond donors (Lipinski definition) is 0. The Morgan fingerprint density at radius 3 is 2.67 bits per heavy atom. The average molecular weight is 123 g/mol. The molecule has 0 N–H and O–H groups in total. The van der Waals surface area contributed by atoms with Crippen LogP contribution < -0.4 is 5.11 Å². The first-order valence-electron chi connectivity index (χ1n) is 2.80. The summed E-state index contributed by atoms with van der Waals surface area (Å²) < 4.78 is 0. The van der Waals surface area contributed by atoms with Crippen LogP contribution in [-0.4, -0.2) is 5.78 Å². The van der Waals surface area contributed by atoms with Crippen LogP contribution in [0.1, 0.15) is 13.3 Å². The first-order chi connectivity index (χ1) is 4.22. The molecule has 1 aliphatic rings. The molecular formula is C7H7O2-. The third-order valence-corrected chi connectivity index (χ3v) is 1.31. The number of Topliss-reactive ketones (excluding diaryl/α,β-unsaturated/α-hetero) is 1. The minimum absolute atomic E-state index is 0.360. The molecule has 0 bridgehead atoms. The maximum absolute atomic E-state index is 10.7. The molecule has 1 rings (SSSR count). The van der Waals surface area contributed by atoms with Crippen LogP contribution in [-0.2, 0) is 4.79 Å². The number of allylic oxidation sites excluding steroid dienone is 3. The largest absolute Gasteiger partial charge is 0.870 e. The van der Waals surface area contributed by atoms with Crippen molar-refractivity contribution in [1.82, 2.24) is 0 Å². The Hall–Kier alpha value is -1.05. The van der Waals surface area contributed by atoms with Gasteiger partial charge in [-0.25, -0.2) is 0 Å². The normalized spacial score (nSPS) is 19.0. The van der Waals surface area contributed by atoms with Crippen molar-refractivity contribution in [3.8, 4) is 0 Å². The van der Waals surface area contributed by atoms with Gasteiger partial charge in [0.25, 0.3) is 0 Å². The van der Waals surface area contributed by atoms with Crippen molar-refractivity contribution in [3.05, 3.63) is 23.5 Å². The van der Waals surface area contributed by atoms with E-state index in [1.165, 1.54) is 6.08 Å². The van der Waals surface area contributed by atoms with E-state index in [1.54, 1.807) is 13.0 Å². The van der Waals surface area contributed by atoms with Gasteiger partial charge >= 0.3 is 0 Å². The molecule has 0 aromatic rings. The fourth-order valence-electron chi connectivity index (χ4n) is 0.722. The van der Waals surface area contributed by atoms with Gasteiger partial charge < -0.3 is 5.11 Å². The zero-order valence-electron chi connectivity index (χ0n) is 5.18. The molecule has 0 aliphatic heterocycles. The lowest BCUT2D eigenvalue weighted by atomic mass is 10.1. The monoisotopic (exact) mass is 123 g/mol. The highest BCUT2D eigenvalue weighted by molar-refractivity contribution is 6.06. The fraction of sp³-hybridized carbons (Fsp3) is 0.286. The van der Waals surface area contributed by atoms with E-state index in [2.05, 4.69) is 0 Å². The van der Waals surface area contributed by atoms with E-state index in [1.807, 2.05) is 0 Å². The zero-order chi connectivity index (χ0) is 6.85. The first-order valence-corrected chi connectivity index (χ1v) is 2.80. The molecule has 0 heterocycles. The topological polar surface area (TPSA) is 40.1 Å². The molecule has 0 saturated heterocycles. The molecule has 9 heavy (non-hydrogen) atoms. The number of hydrogen-bond acceptors (Lipinski definition) is 2. The highest BCUT2D eigenvalue weighted by Crippen LogP contribution is 2.08. The predicted octanol–water partition coefficient (Wildman–Crippen LogP) is 0.150. The Kier molecular flexibility index (Phi) is 1.39. The Bertz CT molecular complexity index is 179. The smallest absolute Gasteiger partial charge is 0.173 e. The van der Waals surface area contributed by atoms with Crippen LogP contribution >= 0.6 is 0 Å². The lowest BCUT2D eigenvalue weighted by Crippen LogP contribution is -2.18. The molecule has 2 nitrogen and oxygen atoms in total. The molecule has 0 saturated carbocycles. The van der Waals surface area contributed by atoms with Gasteiger partial charge in [-0.1, -0.05) is 17.9 Å². The summed E-state index contributed by atoms with van der Waals surface area (Å²) in [6.45, 7) is 1.66. The van der Waals surface area contributed by atoms with Crippen molar-refractivity contribution in [3.63, 3.8) is 0 Å². The second kappa shape index (κ2) is 2.05. The van der Waals surface area contributed by atoms with Gasteiger partial charge in [0.15, 0.2) is 5.78 Å². The summed E-state index contributed by atoms with van der Waals surface area (Å²) in [4.78, 5) is 10.7. The molecule has 2 heteroatoms. The SMILES string of the molecule is CC1=CCC=C([O-])C1=O. The maximum atomic E-state index is 10.7. The molecule has 0 aromatic heterocycles. The van der Waals surface area contributed by atoms with Gasteiger partial charge in [-0.2, -0.15) is 0 Å². The zero-order valence-corrected chi connectivity index (χ0v) is 5.18. The van der Waals surface area contributed by atoms with E-state index in [0.29, 0.717) is 12.0 Å². The molecule has 0 aromatic carbocycles. The average Bonchev–Trinajstić information content (AvgIpc) is 1.83. The van der Waals surface area contributed by atoms with E-state index < -0.39 is 0 Å². The summed E-state index contributed by atoms with van der Waals surface area (Å²) >= 11 is 0. The minimum atomic E-state index is -0.366. The molecule has 0 spiro atoms. The first kappa shape index (κ1) is 6.08. The van der Waals surface area contributed by atoms with Gasteiger partial charge in [0.05, 0.1) is 0 Å². The van der Waals surface area contributed by atoms with Gasteiger partial charge in [-0.15, -0.1) is 0 Å². The van der Waals surface area contributed by atoms with Crippen LogP contribution in [0.25, 0.3) is 0 Å². The highest BCUT2D eigenvalue weighted by Gasteiger charge is 2.04. The molecule has 1 aliphatic carbocycles. The van der Waals surface area contributed by atoms with E-state index in [-0.39, 0.29) is 11.5 Å². The van der Waals surface area contributed by atoms with E-state index in [0.717, 1.165) is 0 Å². The quantitative estimate of drug-likeness (QED) is 0.460. The van der Waals surface area contributed by atoms with Gasteiger partial charge in [-0.3, -0.25) is 4.79 Å². The summed E-state index contributed by atoms with van der Waals surface area (Å²) in [6.07, 6.45) is 3.76. The molecule has 0 fully saturated rings. The number of carbonyl (C=O) groups is 1. The number of ketones is 1. The molecular weight excluding hydrogens is 116 g/mol. The minimum Gasteiger partial charge on any atom is -0.870 e. The van der Waals surface area contributed by atoms with Crippen LogP contribution in [0.4, 0.5) is 0 Å². The maximum Gasteiger partial charge on any atom is 0.173 e. The van der Waals surface area contributed by atoms with Crippen LogP contribution in [0.5, 0.6) is 0 Å². The molecule has 0 atom stereocenters. The second-order valence-electron chi connectivity index (χ2n) is 2.02. The summed E-state index contributed by atoms with van der Waals surface area (Å²) in [5, 5.41) is 10.6. The fourth-order valence-corrected chi connectivity index (χ4v) is 0.722. The summed E-state index contributed by atoms with van der Waals surface area (Å²) in [5.41, 5.74) is 0.572. The summed E-state index contributed by atoms with van der Waals surface area (Å²) in [7, 11) is 0.